The predicted octanol–water partition coefficient (Wildman–Crippen LogP) is 1.21. The lowest BCUT2D eigenvalue weighted by atomic mass is 9.79. The number of carboxylic acids is 1. The number of hydrogen-bond acceptors (Lipinski definition) is 2. The summed E-state index contributed by atoms with van der Waals surface area (Å²) >= 11 is 0. The first-order chi connectivity index (χ1) is 9.41. The van der Waals surface area contributed by atoms with Gasteiger partial charge in [-0.25, -0.2) is 9.37 Å². The fourth-order valence-corrected chi connectivity index (χ4v) is 4.18. The average Bonchev–Trinajstić information content (AvgIpc) is 2.92. The Labute approximate surface area is 120 Å². The smallest absolute Gasteiger partial charge is 0.376 e. The Bertz CT molecular complexity index is 468. The summed E-state index contributed by atoms with van der Waals surface area (Å²) in [5.41, 5.74) is 0.0476. The standard InChI is InChI=1S/C15H24N2O3/c1-5-17(6-2)13(18)12-10(3)16(4)15(14(19)20)9-7-8-11(12)15/h11-12H,5-9H2,1-4H3/p+1/t11-,12-,15-/m0/s1. The lowest BCUT2D eigenvalue weighted by Gasteiger charge is -2.26. The van der Waals surface area contributed by atoms with Crippen molar-refractivity contribution in [2.75, 3.05) is 20.1 Å². The largest absolute Gasteiger partial charge is 0.476 e. The Morgan fingerprint density at radius 2 is 2.00 bits per heavy atom. The van der Waals surface area contributed by atoms with Crippen LogP contribution in [0.1, 0.15) is 40.0 Å². The van der Waals surface area contributed by atoms with Crippen LogP contribution >= 0.6 is 0 Å². The number of aliphatic carboxylic acids is 1. The maximum Gasteiger partial charge on any atom is 0.376 e. The van der Waals surface area contributed by atoms with Crippen LogP contribution in [-0.4, -0.2) is 57.8 Å². The van der Waals surface area contributed by atoms with Crippen LogP contribution in [0.2, 0.25) is 0 Å². The fraction of sp³-hybridized carbons (Fsp3) is 0.800. The second-order valence-electron chi connectivity index (χ2n) is 5.92. The van der Waals surface area contributed by atoms with Gasteiger partial charge in [-0.2, -0.15) is 0 Å². The van der Waals surface area contributed by atoms with E-state index in [1.807, 2.05) is 37.3 Å². The Hall–Kier alpha value is -1.39. The minimum Gasteiger partial charge on any atom is -0.476 e. The van der Waals surface area contributed by atoms with Crippen molar-refractivity contribution in [3.05, 3.63) is 0 Å². The van der Waals surface area contributed by atoms with E-state index in [0.29, 0.717) is 19.5 Å². The maximum absolute atomic E-state index is 12.8. The van der Waals surface area contributed by atoms with Gasteiger partial charge in [-0.15, -0.1) is 0 Å². The number of carbonyl (C=O) groups is 2. The van der Waals surface area contributed by atoms with Crippen LogP contribution in [0.4, 0.5) is 0 Å². The quantitative estimate of drug-likeness (QED) is 0.788. The molecule has 112 valence electrons. The van der Waals surface area contributed by atoms with Crippen molar-refractivity contribution >= 4 is 17.6 Å². The van der Waals surface area contributed by atoms with Crippen molar-refractivity contribution < 1.29 is 19.3 Å². The highest BCUT2D eigenvalue weighted by Crippen LogP contribution is 2.48. The zero-order chi connectivity index (χ0) is 15.1. The highest BCUT2D eigenvalue weighted by molar-refractivity contribution is 6.04. The van der Waals surface area contributed by atoms with Gasteiger partial charge in [0, 0.05) is 26.4 Å². The molecule has 0 spiro atoms. The number of nitrogens with zero attached hydrogens (tertiary/aromatic N) is 2. The topological polar surface area (TPSA) is 60.6 Å². The Kier molecular flexibility index (Phi) is 3.89. The molecule has 1 fully saturated rings. The molecule has 1 N–H and O–H groups in total. The van der Waals surface area contributed by atoms with Gasteiger partial charge in [0.1, 0.15) is 13.0 Å². The number of fused-ring (bicyclic) bond motifs is 1. The van der Waals surface area contributed by atoms with Crippen molar-refractivity contribution in [1.29, 1.82) is 0 Å². The molecule has 0 aromatic rings. The zero-order valence-corrected chi connectivity index (χ0v) is 12.8. The second kappa shape index (κ2) is 5.19. The van der Waals surface area contributed by atoms with Crippen molar-refractivity contribution in [1.82, 2.24) is 4.90 Å². The fourth-order valence-electron chi connectivity index (χ4n) is 4.18. The van der Waals surface area contributed by atoms with Crippen molar-refractivity contribution in [3.8, 4) is 0 Å². The highest BCUT2D eigenvalue weighted by Gasteiger charge is 2.67. The van der Waals surface area contributed by atoms with E-state index in [0.717, 1.165) is 18.6 Å². The molecule has 0 bridgehead atoms. The summed E-state index contributed by atoms with van der Waals surface area (Å²) in [4.78, 5) is 26.4. The zero-order valence-electron chi connectivity index (χ0n) is 12.8. The molecule has 2 aliphatic rings. The van der Waals surface area contributed by atoms with E-state index in [2.05, 4.69) is 0 Å². The van der Waals surface area contributed by atoms with Gasteiger partial charge in [0.15, 0.2) is 5.71 Å². The molecule has 1 aliphatic carbocycles. The molecule has 0 unspecified atom stereocenters. The molecule has 3 atom stereocenters. The highest BCUT2D eigenvalue weighted by atomic mass is 16.4. The van der Waals surface area contributed by atoms with Crippen molar-refractivity contribution in [3.63, 3.8) is 0 Å². The van der Waals surface area contributed by atoms with Gasteiger partial charge in [0.25, 0.3) is 5.54 Å². The van der Waals surface area contributed by atoms with Crippen LogP contribution < -0.4 is 0 Å². The summed E-state index contributed by atoms with van der Waals surface area (Å²) < 4.78 is 1.86. The van der Waals surface area contributed by atoms with E-state index in [-0.39, 0.29) is 17.7 Å². The number of hydrogen-bond donors (Lipinski definition) is 1. The first-order valence-electron chi connectivity index (χ1n) is 7.51. The van der Waals surface area contributed by atoms with Gasteiger partial charge < -0.3 is 10.0 Å². The third kappa shape index (κ3) is 1.79. The van der Waals surface area contributed by atoms with Crippen molar-refractivity contribution in [2.24, 2.45) is 11.8 Å². The summed E-state index contributed by atoms with van der Waals surface area (Å²) in [6, 6.07) is 0. The van der Waals surface area contributed by atoms with Gasteiger partial charge >= 0.3 is 5.97 Å². The molecule has 2 rings (SSSR count). The summed E-state index contributed by atoms with van der Waals surface area (Å²) in [5.74, 6) is -1.04. The molecule has 0 aromatic heterocycles. The van der Waals surface area contributed by atoms with Crippen molar-refractivity contribution in [2.45, 2.75) is 45.6 Å². The van der Waals surface area contributed by atoms with E-state index >= 15 is 0 Å². The minimum atomic E-state index is -0.864. The number of carbonyl (C=O) groups excluding carboxylic acids is 1. The lowest BCUT2D eigenvalue weighted by Crippen LogP contribution is -2.49. The van der Waals surface area contributed by atoms with E-state index in [9.17, 15) is 14.7 Å². The molecular weight excluding hydrogens is 256 g/mol. The Morgan fingerprint density at radius 3 is 2.50 bits per heavy atom. The van der Waals surface area contributed by atoms with E-state index in [1.54, 1.807) is 0 Å². The molecule has 20 heavy (non-hydrogen) atoms. The third-order valence-corrected chi connectivity index (χ3v) is 5.38. The first-order valence-corrected chi connectivity index (χ1v) is 7.51. The van der Waals surface area contributed by atoms with E-state index in [4.69, 9.17) is 0 Å². The molecule has 1 heterocycles. The minimum absolute atomic E-state index is 0.0851. The maximum atomic E-state index is 12.8. The molecule has 0 aromatic carbocycles. The number of amides is 1. The summed E-state index contributed by atoms with van der Waals surface area (Å²) in [6.07, 6.45) is 2.35. The van der Waals surface area contributed by atoms with Crippen LogP contribution in [0.15, 0.2) is 0 Å². The number of likely N-dealkylation sites (N-methyl/N-ethyl adjacent to an activating group) is 1. The SMILES string of the molecule is CCN(CC)C(=O)[C@H]1C(C)=[N+](C)[C@@]2(C(=O)O)CCC[C@@H]12. The van der Waals surface area contributed by atoms with Gasteiger partial charge in [0.2, 0.25) is 5.91 Å². The van der Waals surface area contributed by atoms with Crippen LogP contribution in [0.5, 0.6) is 0 Å². The molecule has 5 heteroatoms. The molecule has 0 saturated heterocycles. The van der Waals surface area contributed by atoms with E-state index in [1.165, 1.54) is 0 Å². The van der Waals surface area contributed by atoms with Crippen LogP contribution in [0.25, 0.3) is 0 Å². The van der Waals surface area contributed by atoms with Gasteiger partial charge in [-0.3, -0.25) is 4.79 Å². The molecule has 5 nitrogen and oxygen atoms in total. The monoisotopic (exact) mass is 281 g/mol. The van der Waals surface area contributed by atoms with Gasteiger partial charge in [0.05, 0.1) is 5.92 Å². The predicted molar refractivity (Wildman–Crippen MR) is 76.0 cm³/mol. The van der Waals surface area contributed by atoms with Crippen LogP contribution in [-0.2, 0) is 9.59 Å². The van der Waals surface area contributed by atoms with Gasteiger partial charge in [-0.05, 0) is 26.7 Å². The Morgan fingerprint density at radius 1 is 1.40 bits per heavy atom. The van der Waals surface area contributed by atoms with Crippen LogP contribution in [0.3, 0.4) is 0 Å². The summed E-state index contributed by atoms with van der Waals surface area (Å²) in [5, 5.41) is 9.74. The van der Waals surface area contributed by atoms with Crippen LogP contribution in [0, 0.1) is 11.8 Å². The molecule has 0 radical (unpaired) electrons. The summed E-state index contributed by atoms with van der Waals surface area (Å²) in [7, 11) is 1.83. The number of carboxylic acid groups (broad SMARTS) is 1. The van der Waals surface area contributed by atoms with Gasteiger partial charge in [-0.1, -0.05) is 0 Å². The molecule has 1 amide bonds. The Balaban J connectivity index is 2.43. The summed E-state index contributed by atoms with van der Waals surface area (Å²) in [6.45, 7) is 7.20. The normalized spacial score (nSPS) is 32.4. The van der Waals surface area contributed by atoms with E-state index < -0.39 is 11.5 Å². The number of rotatable bonds is 4. The molecule has 1 saturated carbocycles. The average molecular weight is 281 g/mol. The molecular formula is C15H25N2O3+. The second-order valence-corrected chi connectivity index (χ2v) is 5.92. The third-order valence-electron chi connectivity index (χ3n) is 5.38. The lowest BCUT2D eigenvalue weighted by molar-refractivity contribution is -0.565. The first kappa shape index (κ1) is 15.0. The molecule has 1 aliphatic heterocycles.